The molecule has 0 unspecified atom stereocenters. The van der Waals surface area contributed by atoms with Gasteiger partial charge in [0.15, 0.2) is 0 Å². The molecule has 0 atom stereocenters. The van der Waals surface area contributed by atoms with Crippen LogP contribution in [0, 0.1) is 10.8 Å². The first kappa shape index (κ1) is 29.2. The maximum absolute atomic E-state index is 10.9. The van der Waals surface area contributed by atoms with E-state index in [4.69, 9.17) is 14.9 Å². The van der Waals surface area contributed by atoms with Crippen LogP contribution in [-0.2, 0) is 14.3 Å². The monoisotopic (exact) mass is 386 g/mol. The van der Waals surface area contributed by atoms with Gasteiger partial charge in [0.25, 0.3) is 0 Å². The summed E-state index contributed by atoms with van der Waals surface area (Å²) >= 11 is 0. The predicted octanol–water partition coefficient (Wildman–Crippen LogP) is 1.73. The molecule has 0 spiro atoms. The van der Waals surface area contributed by atoms with Gasteiger partial charge in [-0.25, -0.2) is 0 Å². The molecule has 0 saturated heterocycles. The summed E-state index contributed by atoms with van der Waals surface area (Å²) in [5.74, 6) is -1.52. The Morgan fingerprint density at radius 3 is 1.30 bits per heavy atom. The Morgan fingerprint density at radius 1 is 0.739 bits per heavy atom. The van der Waals surface area contributed by atoms with Crippen molar-refractivity contribution in [1.82, 2.24) is 0 Å². The summed E-state index contributed by atoms with van der Waals surface area (Å²) in [7, 11) is 0. The quantitative estimate of drug-likeness (QED) is 0.394. The van der Waals surface area contributed by atoms with Gasteiger partial charge in [0.1, 0.15) is 0 Å². The molecule has 23 heavy (non-hydrogen) atoms. The Balaban J connectivity index is -0.00000200. The van der Waals surface area contributed by atoms with E-state index < -0.39 is 22.8 Å². The van der Waals surface area contributed by atoms with Crippen LogP contribution in [0.25, 0.3) is 0 Å². The van der Waals surface area contributed by atoms with Gasteiger partial charge in [-0.2, -0.15) is 0 Å². The zero-order valence-electron chi connectivity index (χ0n) is 13.8. The molecule has 0 aliphatic rings. The van der Waals surface area contributed by atoms with Crippen LogP contribution in [0.1, 0.15) is 66.2 Å². The minimum absolute atomic E-state index is 0. The van der Waals surface area contributed by atoms with Crippen molar-refractivity contribution in [1.29, 1.82) is 0 Å². The Labute approximate surface area is 199 Å². The Bertz CT molecular complexity index is 311. The Kier molecular flexibility index (Phi) is 18.5. The Hall–Kier alpha value is 1.42. The van der Waals surface area contributed by atoms with E-state index in [2.05, 4.69) is 0 Å². The summed E-state index contributed by atoms with van der Waals surface area (Å²) < 4.78 is 5.49. The molecule has 0 amide bonds. The van der Waals surface area contributed by atoms with E-state index in [1.807, 2.05) is 0 Å². The van der Waals surface area contributed by atoms with Crippen LogP contribution in [-0.4, -0.2) is 111 Å². The second-order valence-corrected chi connectivity index (χ2v) is 6.90. The number of aliphatic carboxylic acids is 2. The molecular formula is C16H34Ca2O5. The van der Waals surface area contributed by atoms with Crippen molar-refractivity contribution in [3.8, 4) is 0 Å². The molecule has 0 aromatic carbocycles. The first-order valence-corrected chi connectivity index (χ1v) is 7.64. The second-order valence-electron chi connectivity index (χ2n) is 6.90. The number of rotatable bonds is 12. The molecule has 7 heteroatoms. The van der Waals surface area contributed by atoms with Crippen molar-refractivity contribution in [3.05, 3.63) is 0 Å². The first-order valence-electron chi connectivity index (χ1n) is 7.64. The zero-order valence-corrected chi connectivity index (χ0v) is 13.8. The fourth-order valence-electron chi connectivity index (χ4n) is 1.86. The Morgan fingerprint density at radius 2 is 1.04 bits per heavy atom. The van der Waals surface area contributed by atoms with Gasteiger partial charge in [-0.3, -0.25) is 9.59 Å². The maximum atomic E-state index is 10.9. The topological polar surface area (TPSA) is 83.8 Å². The molecule has 0 bridgehead atoms. The van der Waals surface area contributed by atoms with E-state index >= 15 is 0 Å². The number of hydrogen-bond donors (Lipinski definition) is 2. The van der Waals surface area contributed by atoms with Crippen LogP contribution in [0.15, 0.2) is 0 Å². The van der Waals surface area contributed by atoms with Crippen molar-refractivity contribution >= 4 is 87.4 Å². The fraction of sp³-hybridized carbons (Fsp3) is 0.875. The van der Waals surface area contributed by atoms with Crippen molar-refractivity contribution < 1.29 is 24.5 Å². The molecular weight excluding hydrogens is 352 g/mol. The van der Waals surface area contributed by atoms with E-state index in [9.17, 15) is 9.59 Å². The molecule has 0 saturated carbocycles. The number of ether oxygens (including phenoxy) is 1. The SMILES string of the molecule is CC(C)(CCCCOCCCCC(C)(C)C(=O)O)C(=O)O.[CaH2].[CaH2]. The van der Waals surface area contributed by atoms with Crippen LogP contribution in [0.2, 0.25) is 0 Å². The molecule has 132 valence electrons. The van der Waals surface area contributed by atoms with Crippen molar-refractivity contribution in [2.24, 2.45) is 10.8 Å². The van der Waals surface area contributed by atoms with Gasteiger partial charge in [-0.15, -0.1) is 0 Å². The van der Waals surface area contributed by atoms with Crippen LogP contribution in [0.5, 0.6) is 0 Å². The normalized spacial score (nSPS) is 11.3. The predicted molar refractivity (Wildman–Crippen MR) is 98.4 cm³/mol. The third kappa shape index (κ3) is 14.3. The van der Waals surface area contributed by atoms with Crippen LogP contribution in [0.4, 0.5) is 0 Å². The number of carboxylic acid groups (broad SMARTS) is 2. The number of carbonyl (C=O) groups is 2. The van der Waals surface area contributed by atoms with E-state index in [1.165, 1.54) is 0 Å². The average Bonchev–Trinajstić information content (AvgIpc) is 2.36. The van der Waals surface area contributed by atoms with E-state index in [-0.39, 0.29) is 75.5 Å². The molecule has 0 rings (SSSR count). The summed E-state index contributed by atoms with van der Waals surface area (Å²) in [5.41, 5.74) is -1.33. The van der Waals surface area contributed by atoms with Gasteiger partial charge >= 0.3 is 87.4 Å². The van der Waals surface area contributed by atoms with Gasteiger partial charge in [0.2, 0.25) is 0 Å². The van der Waals surface area contributed by atoms with Crippen molar-refractivity contribution in [2.75, 3.05) is 13.2 Å². The molecule has 5 nitrogen and oxygen atoms in total. The summed E-state index contributed by atoms with van der Waals surface area (Å²) in [6.07, 6.45) is 4.70. The zero-order chi connectivity index (χ0) is 16.5. The van der Waals surface area contributed by atoms with Gasteiger partial charge < -0.3 is 14.9 Å². The number of unbranched alkanes of at least 4 members (excludes halogenated alkanes) is 2. The molecule has 0 aliphatic carbocycles. The van der Waals surface area contributed by atoms with E-state index in [0.29, 0.717) is 26.1 Å². The molecule has 0 aromatic rings. The second kappa shape index (κ2) is 14.6. The molecule has 0 radical (unpaired) electrons. The summed E-state index contributed by atoms with van der Waals surface area (Å²) in [4.78, 5) is 21.8. The molecule has 2 N–H and O–H groups in total. The molecule has 0 heterocycles. The summed E-state index contributed by atoms with van der Waals surface area (Å²) in [6, 6.07) is 0. The van der Waals surface area contributed by atoms with Gasteiger partial charge in [0.05, 0.1) is 10.8 Å². The van der Waals surface area contributed by atoms with Crippen LogP contribution >= 0.6 is 0 Å². The molecule has 0 aromatic heterocycles. The van der Waals surface area contributed by atoms with E-state index in [0.717, 1.165) is 25.7 Å². The standard InChI is InChI=1S/C16H30O5.2Ca.4H/c1-15(2,13(17)18)9-5-7-11-21-12-8-6-10-16(3,4)14(19)20;;;;;;/h5-12H2,1-4H3,(H,17,18)(H,19,20);;;;;;. The summed E-state index contributed by atoms with van der Waals surface area (Å²) in [5, 5.41) is 17.9. The molecule has 0 aliphatic heterocycles. The first-order chi connectivity index (χ1) is 9.59. The van der Waals surface area contributed by atoms with E-state index in [1.54, 1.807) is 27.7 Å². The summed E-state index contributed by atoms with van der Waals surface area (Å²) in [6.45, 7) is 8.22. The van der Waals surface area contributed by atoms with Crippen LogP contribution < -0.4 is 0 Å². The van der Waals surface area contributed by atoms with Gasteiger partial charge in [-0.05, 0) is 53.4 Å². The third-order valence-electron chi connectivity index (χ3n) is 3.84. The van der Waals surface area contributed by atoms with Crippen molar-refractivity contribution in [3.63, 3.8) is 0 Å². The number of hydrogen-bond acceptors (Lipinski definition) is 3. The minimum atomic E-state index is -0.760. The number of carboxylic acids is 2. The average molecular weight is 387 g/mol. The van der Waals surface area contributed by atoms with Gasteiger partial charge in [-0.1, -0.05) is 12.8 Å². The van der Waals surface area contributed by atoms with Gasteiger partial charge in [0, 0.05) is 13.2 Å². The molecule has 0 fully saturated rings. The fourth-order valence-corrected chi connectivity index (χ4v) is 1.86. The van der Waals surface area contributed by atoms with Crippen molar-refractivity contribution in [2.45, 2.75) is 66.2 Å². The third-order valence-corrected chi connectivity index (χ3v) is 3.84. The van der Waals surface area contributed by atoms with Crippen LogP contribution in [0.3, 0.4) is 0 Å².